The van der Waals surface area contributed by atoms with E-state index in [-0.39, 0.29) is 5.91 Å². The average Bonchev–Trinajstić information content (AvgIpc) is 3.07. The molecule has 1 aliphatic heterocycles. The molecule has 1 amide bonds. The zero-order valence-electron chi connectivity index (χ0n) is 19.3. The van der Waals surface area contributed by atoms with Crippen molar-refractivity contribution in [2.24, 2.45) is 0 Å². The third kappa shape index (κ3) is 5.53. The number of aromatic nitrogens is 2. The van der Waals surface area contributed by atoms with Gasteiger partial charge in [-0.3, -0.25) is 4.79 Å². The highest BCUT2D eigenvalue weighted by molar-refractivity contribution is 9.10. The van der Waals surface area contributed by atoms with Gasteiger partial charge in [-0.05, 0) is 62.2 Å². The maximum atomic E-state index is 13.0. The van der Waals surface area contributed by atoms with E-state index in [0.717, 1.165) is 71.2 Å². The van der Waals surface area contributed by atoms with Crippen molar-refractivity contribution >= 4 is 27.7 Å². The third-order valence-electron chi connectivity index (χ3n) is 6.02. The normalized spacial score (nSPS) is 14.2. The minimum Gasteiger partial charge on any atom is -0.497 e. The zero-order chi connectivity index (χ0) is 23.4. The van der Waals surface area contributed by atoms with Crippen LogP contribution in [0.5, 0.6) is 5.75 Å². The number of ether oxygens (including phenoxy) is 1. The maximum Gasteiger partial charge on any atom is 0.253 e. The summed E-state index contributed by atoms with van der Waals surface area (Å²) in [6.07, 6.45) is 1.65. The maximum absolute atomic E-state index is 13.0. The number of benzene rings is 2. The summed E-state index contributed by atoms with van der Waals surface area (Å²) in [6.45, 7) is 7.00. The Bertz CT molecular complexity index is 1120. The minimum atomic E-state index is 0.0813. The van der Waals surface area contributed by atoms with Crippen molar-refractivity contribution in [3.05, 3.63) is 81.2 Å². The summed E-state index contributed by atoms with van der Waals surface area (Å²) in [5.41, 5.74) is 4.05. The van der Waals surface area contributed by atoms with Gasteiger partial charge in [-0.15, -0.1) is 0 Å². The fourth-order valence-electron chi connectivity index (χ4n) is 4.24. The number of carbonyl (C=O) groups is 1. The number of hydrogen-bond donors (Lipinski definition) is 0. The molecule has 4 rings (SSSR count). The zero-order valence-corrected chi connectivity index (χ0v) is 20.9. The first kappa shape index (κ1) is 23.2. The summed E-state index contributed by atoms with van der Waals surface area (Å²) < 4.78 is 6.26. The number of rotatable bonds is 5. The highest BCUT2D eigenvalue weighted by atomic mass is 79.9. The van der Waals surface area contributed by atoms with Crippen LogP contribution in [0.4, 0.5) is 5.82 Å². The number of hydrogen-bond acceptors (Lipinski definition) is 5. The summed E-state index contributed by atoms with van der Waals surface area (Å²) in [6, 6.07) is 15.7. The molecule has 1 saturated heterocycles. The van der Waals surface area contributed by atoms with Crippen LogP contribution in [0.15, 0.2) is 53.0 Å². The van der Waals surface area contributed by atoms with Crippen LogP contribution in [0.1, 0.15) is 39.4 Å². The summed E-state index contributed by atoms with van der Waals surface area (Å²) >= 11 is 3.44. The van der Waals surface area contributed by atoms with Crippen LogP contribution in [0.25, 0.3) is 0 Å². The molecule has 1 fully saturated rings. The van der Waals surface area contributed by atoms with E-state index in [0.29, 0.717) is 6.54 Å². The summed E-state index contributed by atoms with van der Waals surface area (Å²) in [5, 5.41) is 0. The SMILES string of the molecule is COc1ccc(Cc2c(C)nc(C)nc2N2CCCN(C(=O)c3ccc(Br)cc3)CC2)cc1. The van der Waals surface area contributed by atoms with Crippen molar-refractivity contribution < 1.29 is 9.53 Å². The van der Waals surface area contributed by atoms with Gasteiger partial charge in [0.1, 0.15) is 17.4 Å². The summed E-state index contributed by atoms with van der Waals surface area (Å²) in [4.78, 5) is 26.8. The molecule has 0 saturated carbocycles. The lowest BCUT2D eigenvalue weighted by Crippen LogP contribution is -2.35. The topological polar surface area (TPSA) is 58.6 Å². The van der Waals surface area contributed by atoms with Gasteiger partial charge in [0.2, 0.25) is 0 Å². The summed E-state index contributed by atoms with van der Waals surface area (Å²) in [7, 11) is 1.68. The van der Waals surface area contributed by atoms with E-state index in [1.807, 2.05) is 48.2 Å². The van der Waals surface area contributed by atoms with E-state index in [1.54, 1.807) is 7.11 Å². The lowest BCUT2D eigenvalue weighted by atomic mass is 10.0. The molecule has 0 aliphatic carbocycles. The fraction of sp³-hybridized carbons (Fsp3) is 0.346. The predicted molar refractivity (Wildman–Crippen MR) is 134 cm³/mol. The van der Waals surface area contributed by atoms with Gasteiger partial charge in [-0.25, -0.2) is 9.97 Å². The number of aryl methyl sites for hydroxylation is 2. The molecule has 0 N–H and O–H groups in total. The highest BCUT2D eigenvalue weighted by Gasteiger charge is 2.23. The second-order valence-corrected chi connectivity index (χ2v) is 9.24. The van der Waals surface area contributed by atoms with Crippen LogP contribution >= 0.6 is 15.9 Å². The highest BCUT2D eigenvalue weighted by Crippen LogP contribution is 2.26. The van der Waals surface area contributed by atoms with Crippen molar-refractivity contribution in [3.8, 4) is 5.75 Å². The van der Waals surface area contributed by atoms with Crippen molar-refractivity contribution in [1.29, 1.82) is 0 Å². The lowest BCUT2D eigenvalue weighted by molar-refractivity contribution is 0.0767. The predicted octanol–water partition coefficient (Wildman–Crippen LogP) is 4.81. The van der Waals surface area contributed by atoms with Gasteiger partial charge in [0.25, 0.3) is 5.91 Å². The van der Waals surface area contributed by atoms with E-state index >= 15 is 0 Å². The first-order chi connectivity index (χ1) is 15.9. The molecule has 6 nitrogen and oxygen atoms in total. The second kappa shape index (κ2) is 10.3. The van der Waals surface area contributed by atoms with Crippen molar-refractivity contribution in [2.45, 2.75) is 26.7 Å². The molecule has 172 valence electrons. The van der Waals surface area contributed by atoms with Crippen molar-refractivity contribution in [2.75, 3.05) is 38.2 Å². The molecule has 33 heavy (non-hydrogen) atoms. The quantitative estimate of drug-likeness (QED) is 0.494. The fourth-order valence-corrected chi connectivity index (χ4v) is 4.51. The molecule has 3 aromatic rings. The van der Waals surface area contributed by atoms with E-state index in [1.165, 1.54) is 5.56 Å². The Labute approximate surface area is 203 Å². The molecule has 0 bridgehead atoms. The van der Waals surface area contributed by atoms with Gasteiger partial charge < -0.3 is 14.5 Å². The van der Waals surface area contributed by atoms with Gasteiger partial charge >= 0.3 is 0 Å². The van der Waals surface area contributed by atoms with Gasteiger partial charge in [0.15, 0.2) is 0 Å². The largest absolute Gasteiger partial charge is 0.497 e. The third-order valence-corrected chi connectivity index (χ3v) is 6.55. The molecular formula is C26H29BrN4O2. The minimum absolute atomic E-state index is 0.0813. The van der Waals surface area contributed by atoms with Crippen LogP contribution in [-0.2, 0) is 6.42 Å². The smallest absolute Gasteiger partial charge is 0.253 e. The van der Waals surface area contributed by atoms with Gasteiger partial charge in [0, 0.05) is 53.9 Å². The van der Waals surface area contributed by atoms with Crippen LogP contribution in [0.2, 0.25) is 0 Å². The Balaban J connectivity index is 1.54. The van der Waals surface area contributed by atoms with E-state index in [2.05, 4.69) is 44.9 Å². The lowest BCUT2D eigenvalue weighted by Gasteiger charge is -2.26. The average molecular weight is 509 g/mol. The first-order valence-corrected chi connectivity index (χ1v) is 12.0. The van der Waals surface area contributed by atoms with Crippen LogP contribution < -0.4 is 9.64 Å². The van der Waals surface area contributed by atoms with Crippen molar-refractivity contribution in [1.82, 2.24) is 14.9 Å². The number of halogens is 1. The molecule has 7 heteroatoms. The van der Waals surface area contributed by atoms with Gasteiger partial charge in [0.05, 0.1) is 7.11 Å². The summed E-state index contributed by atoms with van der Waals surface area (Å²) in [5.74, 6) is 2.68. The molecule has 1 aliphatic rings. The number of anilines is 1. The molecule has 0 atom stereocenters. The molecule has 0 unspecified atom stereocenters. The molecule has 0 spiro atoms. The Hall–Kier alpha value is -2.93. The number of carbonyl (C=O) groups excluding carboxylic acids is 1. The van der Waals surface area contributed by atoms with Crippen LogP contribution in [-0.4, -0.2) is 54.1 Å². The Morgan fingerprint density at radius 3 is 2.39 bits per heavy atom. The molecule has 2 aromatic carbocycles. The standard InChI is InChI=1S/C26H29BrN4O2/c1-18-24(17-20-5-11-23(33-3)12-6-20)25(29-19(2)28-18)30-13-4-14-31(16-15-30)26(32)21-7-9-22(27)10-8-21/h5-12H,4,13-17H2,1-3H3. The van der Waals surface area contributed by atoms with E-state index < -0.39 is 0 Å². The molecule has 1 aromatic heterocycles. The van der Waals surface area contributed by atoms with E-state index in [4.69, 9.17) is 9.72 Å². The Morgan fingerprint density at radius 1 is 0.970 bits per heavy atom. The number of nitrogens with zero attached hydrogens (tertiary/aromatic N) is 4. The number of methoxy groups -OCH3 is 1. The van der Waals surface area contributed by atoms with Crippen LogP contribution in [0.3, 0.4) is 0 Å². The van der Waals surface area contributed by atoms with Crippen molar-refractivity contribution in [3.63, 3.8) is 0 Å². The van der Waals surface area contributed by atoms with E-state index in [9.17, 15) is 4.79 Å². The Kier molecular flexibility index (Phi) is 7.28. The molecular weight excluding hydrogens is 480 g/mol. The molecule has 2 heterocycles. The van der Waals surface area contributed by atoms with Crippen LogP contribution in [0, 0.1) is 13.8 Å². The Morgan fingerprint density at radius 2 is 1.70 bits per heavy atom. The molecule has 0 radical (unpaired) electrons. The van der Waals surface area contributed by atoms with Gasteiger partial charge in [-0.2, -0.15) is 0 Å². The first-order valence-electron chi connectivity index (χ1n) is 11.2. The van der Waals surface area contributed by atoms with Gasteiger partial charge in [-0.1, -0.05) is 28.1 Å². The monoisotopic (exact) mass is 508 g/mol. The second-order valence-electron chi connectivity index (χ2n) is 8.32. The number of amides is 1.